The number of hydrogen-bond donors (Lipinski definition) is 0. The van der Waals surface area contributed by atoms with Gasteiger partial charge in [-0.2, -0.15) is 0 Å². The van der Waals surface area contributed by atoms with Gasteiger partial charge in [-0.05, 0) is 18.2 Å². The third-order valence-electron chi connectivity index (χ3n) is 4.29. The Hall–Kier alpha value is -2.67. The largest absolute Gasteiger partial charge is 0.460 e. The van der Waals surface area contributed by atoms with Gasteiger partial charge in [0.25, 0.3) is 0 Å². The Bertz CT molecular complexity index is 1060. The summed E-state index contributed by atoms with van der Waals surface area (Å²) in [6.45, 7) is -0.0228. The van der Waals surface area contributed by atoms with Crippen molar-refractivity contribution in [1.82, 2.24) is 4.98 Å². The summed E-state index contributed by atoms with van der Waals surface area (Å²) in [5.74, 6) is -0.705. The molecule has 0 amide bonds. The predicted octanol–water partition coefficient (Wildman–Crippen LogP) is 5.49. The molecule has 8 heteroatoms. The van der Waals surface area contributed by atoms with Crippen molar-refractivity contribution >= 4 is 29.2 Å². The standard InChI is InChI=1S/C21H14Cl2FNO4/c22-17-8-13(9-25-19(17)23)20(26)27-10-14-6-16(24)7-15-11-28-21(29-18(14)15)12-4-2-1-3-5-12/h1-9,21H,10-11H2/t21-/m1/s1. The van der Waals surface area contributed by atoms with Crippen LogP contribution in [-0.2, 0) is 22.7 Å². The van der Waals surface area contributed by atoms with Crippen LogP contribution in [0.2, 0.25) is 10.2 Å². The number of nitrogens with zero attached hydrogens (tertiary/aromatic N) is 1. The smallest absolute Gasteiger partial charge is 0.340 e. The number of fused-ring (bicyclic) bond motifs is 1. The van der Waals surface area contributed by atoms with Gasteiger partial charge in [0.2, 0.25) is 6.29 Å². The first kappa shape index (κ1) is 19.6. The van der Waals surface area contributed by atoms with Crippen LogP contribution in [0, 0.1) is 5.82 Å². The second-order valence-electron chi connectivity index (χ2n) is 6.30. The summed E-state index contributed by atoms with van der Waals surface area (Å²) in [7, 11) is 0. The lowest BCUT2D eigenvalue weighted by Crippen LogP contribution is -2.20. The number of carbonyl (C=O) groups is 1. The van der Waals surface area contributed by atoms with Gasteiger partial charge in [-0.25, -0.2) is 14.2 Å². The Morgan fingerprint density at radius 3 is 2.76 bits per heavy atom. The lowest BCUT2D eigenvalue weighted by molar-refractivity contribution is -0.112. The third kappa shape index (κ3) is 4.34. The summed E-state index contributed by atoms with van der Waals surface area (Å²) < 4.78 is 31.0. The molecule has 2 heterocycles. The van der Waals surface area contributed by atoms with E-state index in [0.29, 0.717) is 16.9 Å². The van der Waals surface area contributed by atoms with Crippen LogP contribution in [0.25, 0.3) is 0 Å². The van der Waals surface area contributed by atoms with Crippen molar-refractivity contribution in [2.24, 2.45) is 0 Å². The van der Waals surface area contributed by atoms with Crippen molar-refractivity contribution in [1.29, 1.82) is 0 Å². The summed E-state index contributed by atoms with van der Waals surface area (Å²) in [6, 6.07) is 13.3. The molecule has 29 heavy (non-hydrogen) atoms. The average molecular weight is 434 g/mol. The maximum Gasteiger partial charge on any atom is 0.340 e. The quantitative estimate of drug-likeness (QED) is 0.402. The van der Waals surface area contributed by atoms with Crippen LogP contribution >= 0.6 is 23.2 Å². The highest BCUT2D eigenvalue weighted by molar-refractivity contribution is 6.41. The van der Waals surface area contributed by atoms with E-state index in [1.54, 1.807) is 0 Å². The molecule has 3 aromatic rings. The minimum absolute atomic E-state index is 0.0859. The number of aromatic nitrogens is 1. The van der Waals surface area contributed by atoms with Crippen LogP contribution in [0.1, 0.15) is 33.3 Å². The SMILES string of the molecule is O=C(OCc1cc(F)cc2c1O[C@H](c1ccccc1)OC2)c1cnc(Cl)c(Cl)c1. The molecule has 2 aromatic carbocycles. The van der Waals surface area contributed by atoms with Gasteiger partial charge in [0.05, 0.1) is 17.2 Å². The number of halogens is 3. The Labute approximate surface area is 175 Å². The molecular formula is C21H14Cl2FNO4. The van der Waals surface area contributed by atoms with E-state index in [1.165, 1.54) is 24.4 Å². The molecule has 0 unspecified atom stereocenters. The van der Waals surface area contributed by atoms with Crippen LogP contribution in [0.4, 0.5) is 4.39 Å². The topological polar surface area (TPSA) is 57.7 Å². The van der Waals surface area contributed by atoms with E-state index in [1.807, 2.05) is 30.3 Å². The number of hydrogen-bond acceptors (Lipinski definition) is 5. The summed E-state index contributed by atoms with van der Waals surface area (Å²) in [5.41, 5.74) is 1.90. The molecule has 1 aliphatic heterocycles. The molecular weight excluding hydrogens is 420 g/mol. The van der Waals surface area contributed by atoms with Gasteiger partial charge in [-0.3, -0.25) is 0 Å². The summed E-state index contributed by atoms with van der Waals surface area (Å²) in [5, 5.41) is 0.221. The lowest BCUT2D eigenvalue weighted by atomic mass is 10.1. The molecule has 1 aromatic heterocycles. The minimum atomic E-state index is -0.666. The fraction of sp³-hybridized carbons (Fsp3) is 0.143. The highest BCUT2D eigenvalue weighted by Crippen LogP contribution is 2.37. The van der Waals surface area contributed by atoms with Crippen molar-refractivity contribution in [2.45, 2.75) is 19.5 Å². The second-order valence-corrected chi connectivity index (χ2v) is 7.06. The first-order valence-corrected chi connectivity index (χ1v) is 9.39. The van der Waals surface area contributed by atoms with Crippen molar-refractivity contribution in [2.75, 3.05) is 0 Å². The predicted molar refractivity (Wildman–Crippen MR) is 104 cm³/mol. The van der Waals surface area contributed by atoms with E-state index in [2.05, 4.69) is 4.98 Å². The van der Waals surface area contributed by atoms with Crippen LogP contribution < -0.4 is 4.74 Å². The molecule has 5 nitrogen and oxygen atoms in total. The maximum absolute atomic E-state index is 14.0. The van der Waals surface area contributed by atoms with Crippen molar-refractivity contribution in [3.8, 4) is 5.75 Å². The number of benzene rings is 2. The fourth-order valence-electron chi connectivity index (χ4n) is 2.92. The van der Waals surface area contributed by atoms with Gasteiger partial charge in [0.1, 0.15) is 23.3 Å². The number of esters is 1. The van der Waals surface area contributed by atoms with E-state index in [4.69, 9.17) is 37.4 Å². The van der Waals surface area contributed by atoms with E-state index in [9.17, 15) is 9.18 Å². The molecule has 0 saturated carbocycles. The van der Waals surface area contributed by atoms with Crippen molar-refractivity contribution in [3.63, 3.8) is 0 Å². The first-order chi connectivity index (χ1) is 14.0. The number of carbonyl (C=O) groups excluding carboxylic acids is 1. The summed E-state index contributed by atoms with van der Waals surface area (Å²) in [4.78, 5) is 16.1. The van der Waals surface area contributed by atoms with Gasteiger partial charge >= 0.3 is 5.97 Å². The summed E-state index contributed by atoms with van der Waals surface area (Å²) >= 11 is 11.6. The number of rotatable bonds is 4. The Morgan fingerprint density at radius 2 is 2.00 bits per heavy atom. The summed E-state index contributed by atoms with van der Waals surface area (Å²) in [6.07, 6.45) is 0.621. The van der Waals surface area contributed by atoms with Gasteiger partial charge in [0.15, 0.2) is 0 Å². The number of pyridine rings is 1. The van der Waals surface area contributed by atoms with Gasteiger partial charge in [-0.15, -0.1) is 0 Å². The average Bonchev–Trinajstić information content (AvgIpc) is 2.74. The van der Waals surface area contributed by atoms with Gasteiger partial charge < -0.3 is 14.2 Å². The van der Waals surface area contributed by atoms with Gasteiger partial charge in [0, 0.05) is 22.9 Å². The molecule has 148 valence electrons. The van der Waals surface area contributed by atoms with Crippen LogP contribution in [0.5, 0.6) is 5.75 Å². The molecule has 1 atom stereocenters. The molecule has 0 spiro atoms. The Kier molecular flexibility index (Phi) is 5.67. The second kappa shape index (κ2) is 8.37. The molecule has 0 N–H and O–H groups in total. The van der Waals surface area contributed by atoms with E-state index < -0.39 is 18.1 Å². The highest BCUT2D eigenvalue weighted by Gasteiger charge is 2.25. The minimum Gasteiger partial charge on any atom is -0.460 e. The van der Waals surface area contributed by atoms with Crippen LogP contribution in [0.15, 0.2) is 54.7 Å². The van der Waals surface area contributed by atoms with E-state index >= 15 is 0 Å². The van der Waals surface area contributed by atoms with E-state index in [0.717, 1.165) is 5.56 Å². The molecule has 4 rings (SSSR count). The van der Waals surface area contributed by atoms with Gasteiger partial charge in [-0.1, -0.05) is 53.5 Å². The van der Waals surface area contributed by atoms with Crippen molar-refractivity contribution < 1.29 is 23.4 Å². The third-order valence-corrected chi connectivity index (χ3v) is 4.97. The zero-order chi connectivity index (χ0) is 20.4. The fourth-order valence-corrected chi connectivity index (χ4v) is 3.19. The zero-order valence-electron chi connectivity index (χ0n) is 14.9. The zero-order valence-corrected chi connectivity index (χ0v) is 16.4. The van der Waals surface area contributed by atoms with Crippen LogP contribution in [0.3, 0.4) is 0 Å². The normalized spacial score (nSPS) is 15.3. The first-order valence-electron chi connectivity index (χ1n) is 8.64. The molecule has 0 aliphatic carbocycles. The molecule has 0 fully saturated rings. The van der Waals surface area contributed by atoms with Crippen molar-refractivity contribution in [3.05, 3.63) is 93.0 Å². The maximum atomic E-state index is 14.0. The molecule has 1 aliphatic rings. The Morgan fingerprint density at radius 1 is 1.21 bits per heavy atom. The lowest BCUT2D eigenvalue weighted by Gasteiger charge is -2.28. The molecule has 0 bridgehead atoms. The molecule has 0 saturated heterocycles. The Balaban J connectivity index is 1.54. The highest BCUT2D eigenvalue weighted by atomic mass is 35.5. The van der Waals surface area contributed by atoms with E-state index in [-0.39, 0.29) is 29.0 Å². The monoisotopic (exact) mass is 433 g/mol. The number of ether oxygens (including phenoxy) is 3. The van der Waals surface area contributed by atoms with Crippen LogP contribution in [-0.4, -0.2) is 11.0 Å². The molecule has 0 radical (unpaired) electrons.